The molecule has 6 nitrogen and oxygen atoms in total. The van der Waals surface area contributed by atoms with E-state index in [2.05, 4.69) is 17.9 Å². The van der Waals surface area contributed by atoms with Crippen molar-refractivity contribution in [2.45, 2.75) is 38.6 Å². The summed E-state index contributed by atoms with van der Waals surface area (Å²) in [5.74, 6) is 1.55. The minimum atomic E-state index is 0.354. The molecule has 0 saturated carbocycles. The van der Waals surface area contributed by atoms with Crippen molar-refractivity contribution in [2.24, 2.45) is 0 Å². The van der Waals surface area contributed by atoms with Crippen LogP contribution in [0.3, 0.4) is 0 Å². The van der Waals surface area contributed by atoms with Gasteiger partial charge in [-0.25, -0.2) is 9.97 Å². The molecule has 1 fully saturated rings. The maximum atomic E-state index is 6.16. The summed E-state index contributed by atoms with van der Waals surface area (Å²) in [6, 6.07) is 7.97. The Hall–Kier alpha value is -2.34. The van der Waals surface area contributed by atoms with Crippen LogP contribution in [-0.4, -0.2) is 36.3 Å². The standard InChI is InChI=1S/C19H27N5O/c1-3-6-13-11-17(24-10-5-7-14(24)12-25-2)23-19(22-13)18-15(20)8-4-9-16(18)21/h4,8-9,11,14H,3,5-7,10,12,20-21H2,1-2H3. The van der Waals surface area contributed by atoms with Gasteiger partial charge in [-0.1, -0.05) is 19.4 Å². The molecule has 1 aliphatic rings. The maximum Gasteiger partial charge on any atom is 0.165 e. The Bertz CT molecular complexity index is 713. The van der Waals surface area contributed by atoms with E-state index in [9.17, 15) is 0 Å². The zero-order valence-electron chi connectivity index (χ0n) is 15.0. The lowest BCUT2D eigenvalue weighted by atomic mass is 10.1. The minimum absolute atomic E-state index is 0.354. The van der Waals surface area contributed by atoms with Crippen LogP contribution >= 0.6 is 0 Å². The number of aromatic nitrogens is 2. The number of methoxy groups -OCH3 is 1. The van der Waals surface area contributed by atoms with Crippen LogP contribution in [0.15, 0.2) is 24.3 Å². The lowest BCUT2D eigenvalue weighted by Crippen LogP contribution is -2.33. The van der Waals surface area contributed by atoms with Gasteiger partial charge in [-0.15, -0.1) is 0 Å². The average Bonchev–Trinajstić information content (AvgIpc) is 3.03. The van der Waals surface area contributed by atoms with Crippen molar-refractivity contribution in [3.05, 3.63) is 30.0 Å². The first-order valence-corrected chi connectivity index (χ1v) is 8.92. The van der Waals surface area contributed by atoms with Crippen LogP contribution in [0, 0.1) is 0 Å². The van der Waals surface area contributed by atoms with E-state index in [0.717, 1.165) is 49.3 Å². The number of nitrogens with zero attached hydrogens (tertiary/aromatic N) is 3. The Labute approximate surface area is 149 Å². The number of benzene rings is 1. The second-order valence-corrected chi connectivity index (χ2v) is 6.55. The number of rotatable bonds is 6. The van der Waals surface area contributed by atoms with E-state index in [-0.39, 0.29) is 0 Å². The number of hydrogen-bond donors (Lipinski definition) is 2. The molecule has 0 spiro atoms. The topological polar surface area (TPSA) is 90.3 Å². The van der Waals surface area contributed by atoms with Gasteiger partial charge < -0.3 is 21.1 Å². The van der Waals surface area contributed by atoms with Crippen LogP contribution < -0.4 is 16.4 Å². The molecule has 134 valence electrons. The van der Waals surface area contributed by atoms with Crippen LogP contribution in [-0.2, 0) is 11.2 Å². The van der Waals surface area contributed by atoms with Gasteiger partial charge >= 0.3 is 0 Å². The molecule has 2 aromatic rings. The van der Waals surface area contributed by atoms with Crippen LogP contribution in [0.2, 0.25) is 0 Å². The zero-order valence-corrected chi connectivity index (χ0v) is 15.0. The third-order valence-electron chi connectivity index (χ3n) is 4.65. The van der Waals surface area contributed by atoms with Crippen LogP contribution in [0.25, 0.3) is 11.4 Å². The lowest BCUT2D eigenvalue weighted by molar-refractivity contribution is 0.180. The van der Waals surface area contributed by atoms with E-state index < -0.39 is 0 Å². The van der Waals surface area contributed by atoms with E-state index >= 15 is 0 Å². The molecule has 2 heterocycles. The first-order chi connectivity index (χ1) is 12.1. The monoisotopic (exact) mass is 341 g/mol. The Kier molecular flexibility index (Phi) is 5.38. The molecule has 1 unspecified atom stereocenters. The number of nitrogens with two attached hydrogens (primary N) is 2. The summed E-state index contributed by atoms with van der Waals surface area (Å²) in [4.78, 5) is 11.9. The zero-order chi connectivity index (χ0) is 17.8. The summed E-state index contributed by atoms with van der Waals surface area (Å²) in [5, 5.41) is 0. The van der Waals surface area contributed by atoms with Crippen molar-refractivity contribution < 1.29 is 4.74 Å². The Morgan fingerprint density at radius 2 is 2.00 bits per heavy atom. The summed E-state index contributed by atoms with van der Waals surface area (Å²) in [5.41, 5.74) is 15.3. The number of ether oxygens (including phenoxy) is 1. The molecule has 1 aliphatic heterocycles. The quantitative estimate of drug-likeness (QED) is 0.785. The molecule has 1 saturated heterocycles. The Morgan fingerprint density at radius 3 is 2.68 bits per heavy atom. The normalized spacial score (nSPS) is 17.2. The molecule has 0 aliphatic carbocycles. The van der Waals surface area contributed by atoms with Crippen molar-refractivity contribution >= 4 is 17.2 Å². The van der Waals surface area contributed by atoms with Crippen LogP contribution in [0.5, 0.6) is 0 Å². The molecule has 0 bridgehead atoms. The SMILES string of the molecule is CCCc1cc(N2CCCC2COC)nc(-c2c(N)cccc2N)n1. The Balaban J connectivity index is 2.06. The van der Waals surface area contributed by atoms with Gasteiger partial charge in [-0.05, 0) is 31.4 Å². The van der Waals surface area contributed by atoms with Gasteiger partial charge in [0.2, 0.25) is 0 Å². The van der Waals surface area contributed by atoms with Gasteiger partial charge in [-0.2, -0.15) is 0 Å². The molecule has 0 radical (unpaired) electrons. The molecule has 25 heavy (non-hydrogen) atoms. The third kappa shape index (κ3) is 3.69. The predicted octanol–water partition coefficient (Wildman–Crippen LogP) is 2.88. The number of nitrogen functional groups attached to an aromatic ring is 2. The predicted molar refractivity (Wildman–Crippen MR) is 103 cm³/mol. The smallest absolute Gasteiger partial charge is 0.165 e. The average molecular weight is 341 g/mol. The fourth-order valence-electron chi connectivity index (χ4n) is 3.48. The Morgan fingerprint density at radius 1 is 1.24 bits per heavy atom. The van der Waals surface area contributed by atoms with E-state index in [4.69, 9.17) is 26.2 Å². The fourth-order valence-corrected chi connectivity index (χ4v) is 3.48. The number of hydrogen-bond acceptors (Lipinski definition) is 6. The third-order valence-corrected chi connectivity index (χ3v) is 4.65. The van der Waals surface area contributed by atoms with Gasteiger partial charge in [0, 0.05) is 36.8 Å². The fraction of sp³-hybridized carbons (Fsp3) is 0.474. The molecule has 0 amide bonds. The van der Waals surface area contributed by atoms with Crippen molar-refractivity contribution in [3.63, 3.8) is 0 Å². The maximum absolute atomic E-state index is 6.16. The first-order valence-electron chi connectivity index (χ1n) is 8.92. The molecular weight excluding hydrogens is 314 g/mol. The largest absolute Gasteiger partial charge is 0.398 e. The van der Waals surface area contributed by atoms with E-state index in [1.54, 1.807) is 7.11 Å². The highest BCUT2D eigenvalue weighted by Crippen LogP contribution is 2.32. The summed E-state index contributed by atoms with van der Waals surface area (Å²) < 4.78 is 5.38. The molecule has 4 N–H and O–H groups in total. The first kappa shape index (κ1) is 17.5. The van der Waals surface area contributed by atoms with Gasteiger partial charge in [0.25, 0.3) is 0 Å². The summed E-state index contributed by atoms with van der Waals surface area (Å²) >= 11 is 0. The highest BCUT2D eigenvalue weighted by molar-refractivity contribution is 5.83. The summed E-state index contributed by atoms with van der Waals surface area (Å²) in [7, 11) is 1.75. The minimum Gasteiger partial charge on any atom is -0.398 e. The molecule has 6 heteroatoms. The molecule has 1 aromatic carbocycles. The molecule has 1 atom stereocenters. The molecular formula is C19H27N5O. The van der Waals surface area contributed by atoms with Crippen molar-refractivity contribution in [3.8, 4) is 11.4 Å². The second kappa shape index (κ2) is 7.70. The van der Waals surface area contributed by atoms with E-state index in [0.29, 0.717) is 29.8 Å². The van der Waals surface area contributed by atoms with E-state index in [1.807, 2.05) is 18.2 Å². The van der Waals surface area contributed by atoms with Crippen LogP contribution in [0.1, 0.15) is 31.9 Å². The molecule has 1 aromatic heterocycles. The summed E-state index contributed by atoms with van der Waals surface area (Å²) in [6.07, 6.45) is 4.19. The lowest BCUT2D eigenvalue weighted by Gasteiger charge is -2.26. The molecule has 3 rings (SSSR count). The highest BCUT2D eigenvalue weighted by atomic mass is 16.5. The van der Waals surface area contributed by atoms with Gasteiger partial charge in [-0.3, -0.25) is 0 Å². The van der Waals surface area contributed by atoms with Crippen LogP contribution in [0.4, 0.5) is 17.2 Å². The van der Waals surface area contributed by atoms with Gasteiger partial charge in [0.15, 0.2) is 5.82 Å². The highest BCUT2D eigenvalue weighted by Gasteiger charge is 2.26. The van der Waals surface area contributed by atoms with E-state index in [1.165, 1.54) is 0 Å². The second-order valence-electron chi connectivity index (χ2n) is 6.55. The van der Waals surface area contributed by atoms with Crippen molar-refractivity contribution in [1.82, 2.24) is 9.97 Å². The number of anilines is 3. The number of aryl methyl sites for hydroxylation is 1. The van der Waals surface area contributed by atoms with Gasteiger partial charge in [0.05, 0.1) is 18.2 Å². The van der Waals surface area contributed by atoms with Crippen molar-refractivity contribution in [2.75, 3.05) is 36.6 Å². The van der Waals surface area contributed by atoms with Crippen molar-refractivity contribution in [1.29, 1.82) is 0 Å². The summed E-state index contributed by atoms with van der Waals surface area (Å²) in [6.45, 7) is 3.84. The van der Waals surface area contributed by atoms with Gasteiger partial charge in [0.1, 0.15) is 5.82 Å².